The van der Waals surface area contributed by atoms with Crippen LogP contribution in [0.15, 0.2) is 48.5 Å². The average molecular weight is 304 g/mol. The summed E-state index contributed by atoms with van der Waals surface area (Å²) < 4.78 is 0. The summed E-state index contributed by atoms with van der Waals surface area (Å²) in [6.07, 6.45) is 0. The lowest BCUT2D eigenvalue weighted by atomic mass is 10.1. The van der Waals surface area contributed by atoms with Crippen molar-refractivity contribution in [2.24, 2.45) is 0 Å². The Bertz CT molecular complexity index is 624. The highest BCUT2D eigenvalue weighted by molar-refractivity contribution is 8.00. The molecule has 0 aromatic heterocycles. The lowest BCUT2D eigenvalue weighted by Gasteiger charge is -2.24. The molecule has 0 saturated carbocycles. The van der Waals surface area contributed by atoms with Gasteiger partial charge in [0.05, 0.1) is 5.75 Å². The number of aryl methyl sites for hydroxylation is 1. The fraction of sp³-hybridized carbons (Fsp3) is 0.188. The molecule has 2 aromatic rings. The van der Waals surface area contributed by atoms with Crippen LogP contribution < -0.4 is 4.90 Å². The number of amides is 1. The Labute approximate surface area is 127 Å². The number of thioether (sulfide) groups is 1. The summed E-state index contributed by atoms with van der Waals surface area (Å²) in [7, 11) is 0. The third-order valence-electron chi connectivity index (χ3n) is 3.34. The standard InChI is InChI=1S/C16H14ClNOS/c1-11-2-4-12(5-3-11)16-18(15(19)10-20-16)14-8-6-13(17)7-9-14/h2-9,16H,10H2,1H3/t16-/m0/s1. The summed E-state index contributed by atoms with van der Waals surface area (Å²) in [4.78, 5) is 14.0. The number of anilines is 1. The van der Waals surface area contributed by atoms with Crippen molar-refractivity contribution in [2.75, 3.05) is 10.7 Å². The van der Waals surface area contributed by atoms with Gasteiger partial charge >= 0.3 is 0 Å². The number of rotatable bonds is 2. The summed E-state index contributed by atoms with van der Waals surface area (Å²) in [5.74, 6) is 0.657. The Kier molecular flexibility index (Phi) is 3.72. The molecule has 1 amide bonds. The lowest BCUT2D eigenvalue weighted by molar-refractivity contribution is -0.115. The van der Waals surface area contributed by atoms with Gasteiger partial charge in [-0.15, -0.1) is 11.8 Å². The number of carbonyl (C=O) groups excluding carboxylic acids is 1. The van der Waals surface area contributed by atoms with Crippen molar-refractivity contribution in [1.29, 1.82) is 0 Å². The maximum Gasteiger partial charge on any atom is 0.238 e. The predicted octanol–water partition coefficient (Wildman–Crippen LogP) is 4.43. The summed E-state index contributed by atoms with van der Waals surface area (Å²) in [5, 5.41) is 0.726. The number of halogens is 1. The van der Waals surface area contributed by atoms with E-state index in [1.807, 2.05) is 29.2 Å². The minimum atomic E-state index is 0.0456. The van der Waals surface area contributed by atoms with E-state index < -0.39 is 0 Å². The van der Waals surface area contributed by atoms with E-state index in [4.69, 9.17) is 11.6 Å². The van der Waals surface area contributed by atoms with Crippen LogP contribution in [0.4, 0.5) is 5.69 Å². The Hall–Kier alpha value is -1.45. The number of nitrogens with zero attached hydrogens (tertiary/aromatic N) is 1. The molecule has 2 aromatic carbocycles. The van der Waals surface area contributed by atoms with Crippen molar-refractivity contribution >= 4 is 35.0 Å². The Morgan fingerprint density at radius 1 is 1.10 bits per heavy atom. The van der Waals surface area contributed by atoms with Crippen LogP contribution in [0.5, 0.6) is 0 Å². The minimum absolute atomic E-state index is 0.0456. The second-order valence-corrected chi connectivity index (χ2v) is 6.32. The molecular weight excluding hydrogens is 290 g/mol. The lowest BCUT2D eigenvalue weighted by Crippen LogP contribution is -2.27. The Morgan fingerprint density at radius 3 is 2.40 bits per heavy atom. The highest BCUT2D eigenvalue weighted by atomic mass is 35.5. The van der Waals surface area contributed by atoms with Gasteiger partial charge in [-0.25, -0.2) is 0 Å². The molecule has 1 atom stereocenters. The van der Waals surface area contributed by atoms with Gasteiger partial charge < -0.3 is 0 Å². The first kappa shape index (κ1) is 13.5. The molecule has 1 fully saturated rings. The molecule has 0 spiro atoms. The van der Waals surface area contributed by atoms with Crippen molar-refractivity contribution in [1.82, 2.24) is 0 Å². The van der Waals surface area contributed by atoms with E-state index in [-0.39, 0.29) is 11.3 Å². The van der Waals surface area contributed by atoms with Crippen molar-refractivity contribution in [3.05, 3.63) is 64.7 Å². The zero-order valence-corrected chi connectivity index (χ0v) is 12.6. The zero-order valence-electron chi connectivity index (χ0n) is 11.0. The third kappa shape index (κ3) is 2.56. The van der Waals surface area contributed by atoms with Crippen LogP contribution in [-0.2, 0) is 4.79 Å². The Balaban J connectivity index is 1.96. The fourth-order valence-corrected chi connectivity index (χ4v) is 3.59. The number of hydrogen-bond acceptors (Lipinski definition) is 2. The maximum absolute atomic E-state index is 12.2. The molecule has 0 aliphatic carbocycles. The van der Waals surface area contributed by atoms with Crippen LogP contribution in [0, 0.1) is 6.92 Å². The molecule has 2 nitrogen and oxygen atoms in total. The van der Waals surface area contributed by atoms with Crippen LogP contribution in [0.3, 0.4) is 0 Å². The van der Waals surface area contributed by atoms with Gasteiger partial charge in [-0.2, -0.15) is 0 Å². The van der Waals surface area contributed by atoms with E-state index in [0.29, 0.717) is 10.8 Å². The van der Waals surface area contributed by atoms with Crippen molar-refractivity contribution in [2.45, 2.75) is 12.3 Å². The first-order valence-electron chi connectivity index (χ1n) is 6.41. The van der Waals surface area contributed by atoms with Gasteiger partial charge in [0.1, 0.15) is 5.37 Å². The van der Waals surface area contributed by atoms with E-state index >= 15 is 0 Å². The number of carbonyl (C=O) groups is 1. The average Bonchev–Trinajstić information content (AvgIpc) is 2.83. The van der Waals surface area contributed by atoms with Gasteiger partial charge in [0.25, 0.3) is 0 Å². The second-order valence-electron chi connectivity index (χ2n) is 4.81. The van der Waals surface area contributed by atoms with Crippen LogP contribution in [0.25, 0.3) is 0 Å². The fourth-order valence-electron chi connectivity index (χ4n) is 2.28. The molecule has 1 saturated heterocycles. The highest BCUT2D eigenvalue weighted by Crippen LogP contribution is 2.41. The first-order chi connectivity index (χ1) is 9.65. The molecule has 20 heavy (non-hydrogen) atoms. The van der Waals surface area contributed by atoms with Crippen molar-refractivity contribution < 1.29 is 4.79 Å². The van der Waals surface area contributed by atoms with Crippen LogP contribution in [-0.4, -0.2) is 11.7 Å². The Morgan fingerprint density at radius 2 is 1.75 bits per heavy atom. The van der Waals surface area contributed by atoms with Crippen LogP contribution in [0.2, 0.25) is 5.02 Å². The molecule has 1 heterocycles. The second kappa shape index (κ2) is 5.51. The third-order valence-corrected chi connectivity index (χ3v) is 4.80. The largest absolute Gasteiger partial charge is 0.295 e. The van der Waals surface area contributed by atoms with E-state index in [9.17, 15) is 4.79 Å². The predicted molar refractivity (Wildman–Crippen MR) is 85.3 cm³/mol. The molecule has 0 N–H and O–H groups in total. The quantitative estimate of drug-likeness (QED) is 0.818. The molecule has 0 bridgehead atoms. The molecule has 0 unspecified atom stereocenters. The normalized spacial score (nSPS) is 18.6. The molecular formula is C16H14ClNOS. The van der Waals surface area contributed by atoms with Crippen molar-refractivity contribution in [3.63, 3.8) is 0 Å². The van der Waals surface area contributed by atoms with E-state index in [2.05, 4.69) is 31.2 Å². The molecule has 1 aliphatic rings. The minimum Gasteiger partial charge on any atom is -0.295 e. The van der Waals surface area contributed by atoms with Gasteiger partial charge in [-0.1, -0.05) is 41.4 Å². The highest BCUT2D eigenvalue weighted by Gasteiger charge is 2.33. The number of hydrogen-bond donors (Lipinski definition) is 0. The van der Waals surface area contributed by atoms with Gasteiger partial charge in [0.15, 0.2) is 0 Å². The van der Waals surface area contributed by atoms with E-state index in [0.717, 1.165) is 11.3 Å². The smallest absolute Gasteiger partial charge is 0.238 e. The topological polar surface area (TPSA) is 20.3 Å². The van der Waals surface area contributed by atoms with E-state index in [1.165, 1.54) is 5.56 Å². The van der Waals surface area contributed by atoms with Gasteiger partial charge in [0.2, 0.25) is 5.91 Å². The molecule has 3 rings (SSSR count). The maximum atomic E-state index is 12.2. The first-order valence-corrected chi connectivity index (χ1v) is 7.83. The summed E-state index contributed by atoms with van der Waals surface area (Å²) in [6, 6.07) is 15.8. The number of benzene rings is 2. The molecule has 0 radical (unpaired) electrons. The SMILES string of the molecule is Cc1ccc([C@@H]2SCC(=O)N2c2ccc(Cl)cc2)cc1. The molecule has 102 valence electrons. The van der Waals surface area contributed by atoms with Crippen molar-refractivity contribution in [3.8, 4) is 0 Å². The van der Waals surface area contributed by atoms with Crippen LogP contribution >= 0.6 is 23.4 Å². The van der Waals surface area contributed by atoms with Gasteiger partial charge in [-0.3, -0.25) is 9.69 Å². The van der Waals surface area contributed by atoms with Gasteiger partial charge in [-0.05, 0) is 36.8 Å². The van der Waals surface area contributed by atoms with Gasteiger partial charge in [0, 0.05) is 10.7 Å². The zero-order chi connectivity index (χ0) is 14.1. The summed E-state index contributed by atoms with van der Waals surface area (Å²) in [6.45, 7) is 2.06. The molecule has 1 aliphatic heterocycles. The monoisotopic (exact) mass is 303 g/mol. The van der Waals surface area contributed by atoms with E-state index in [1.54, 1.807) is 11.8 Å². The summed E-state index contributed by atoms with van der Waals surface area (Å²) >= 11 is 7.58. The summed E-state index contributed by atoms with van der Waals surface area (Å²) in [5.41, 5.74) is 3.28. The van der Waals surface area contributed by atoms with Crippen LogP contribution in [0.1, 0.15) is 16.5 Å². The molecule has 4 heteroatoms.